The van der Waals surface area contributed by atoms with E-state index in [0.29, 0.717) is 23.7 Å². The molecule has 0 saturated carbocycles. The summed E-state index contributed by atoms with van der Waals surface area (Å²) in [4.78, 5) is 15.8. The van der Waals surface area contributed by atoms with Crippen molar-refractivity contribution in [1.29, 1.82) is 0 Å². The molecule has 0 aliphatic carbocycles. The molecule has 1 N–H and O–H groups in total. The summed E-state index contributed by atoms with van der Waals surface area (Å²) in [6.45, 7) is 3.54. The van der Waals surface area contributed by atoms with Crippen LogP contribution in [0.3, 0.4) is 0 Å². The molecule has 2 heterocycles. The zero-order valence-corrected chi connectivity index (χ0v) is 9.43. The molecule has 16 heavy (non-hydrogen) atoms. The van der Waals surface area contributed by atoms with Crippen molar-refractivity contribution >= 4 is 11.2 Å². The Morgan fingerprint density at radius 3 is 3.19 bits per heavy atom. The van der Waals surface area contributed by atoms with Gasteiger partial charge in [-0.3, -0.25) is 4.57 Å². The Hall–Kier alpha value is -1.62. The average Bonchev–Trinajstić information content (AvgIpc) is 2.56. The van der Waals surface area contributed by atoms with Gasteiger partial charge in [0, 0.05) is 12.7 Å². The zero-order chi connectivity index (χ0) is 11.5. The van der Waals surface area contributed by atoms with E-state index in [1.165, 1.54) is 0 Å². The van der Waals surface area contributed by atoms with Crippen molar-refractivity contribution in [1.82, 2.24) is 14.9 Å². The van der Waals surface area contributed by atoms with Gasteiger partial charge in [0.1, 0.15) is 0 Å². The van der Waals surface area contributed by atoms with E-state index in [-0.39, 0.29) is 5.76 Å². The van der Waals surface area contributed by atoms with Crippen molar-refractivity contribution in [3.8, 4) is 0 Å². The highest BCUT2D eigenvalue weighted by molar-refractivity contribution is 5.67. The van der Waals surface area contributed by atoms with Gasteiger partial charge >= 0.3 is 5.76 Å². The first-order chi connectivity index (χ1) is 7.72. The predicted octanol–water partition coefficient (Wildman–Crippen LogP) is 0.845. The number of rotatable bonds is 4. The Balaban J connectivity index is 2.36. The summed E-state index contributed by atoms with van der Waals surface area (Å²) in [5.74, 6) is 0.0159. The maximum Gasteiger partial charge on any atom is 0.421 e. The van der Waals surface area contributed by atoms with E-state index in [1.807, 2.05) is 7.05 Å². The highest BCUT2D eigenvalue weighted by Gasteiger charge is 2.12. The third kappa shape index (κ3) is 1.99. The molecule has 1 atom stereocenters. The fraction of sp³-hybridized carbons (Fsp3) is 0.455. The Kier molecular flexibility index (Phi) is 3.05. The van der Waals surface area contributed by atoms with Crippen LogP contribution in [0.1, 0.15) is 6.92 Å². The number of fused-ring (bicyclic) bond motifs is 1. The highest BCUT2D eigenvalue weighted by atomic mass is 16.4. The van der Waals surface area contributed by atoms with Gasteiger partial charge in [0.2, 0.25) is 0 Å². The molecule has 5 nitrogen and oxygen atoms in total. The fourth-order valence-corrected chi connectivity index (χ4v) is 1.79. The first-order valence-electron chi connectivity index (χ1n) is 5.31. The number of oxazole rings is 1. The van der Waals surface area contributed by atoms with Crippen LogP contribution in [0.4, 0.5) is 0 Å². The third-order valence-electron chi connectivity index (χ3n) is 2.47. The lowest BCUT2D eigenvalue weighted by Crippen LogP contribution is -2.25. The van der Waals surface area contributed by atoms with Crippen LogP contribution in [0.5, 0.6) is 0 Å². The molecule has 0 aromatic carbocycles. The van der Waals surface area contributed by atoms with E-state index >= 15 is 0 Å². The molecule has 2 rings (SSSR count). The monoisotopic (exact) mass is 221 g/mol. The maximum atomic E-state index is 11.6. The first-order valence-corrected chi connectivity index (χ1v) is 5.31. The molecule has 0 aliphatic heterocycles. The van der Waals surface area contributed by atoms with E-state index in [0.717, 1.165) is 6.54 Å². The van der Waals surface area contributed by atoms with Crippen LogP contribution >= 0.6 is 0 Å². The largest absolute Gasteiger partial charge is 0.421 e. The maximum absolute atomic E-state index is 11.6. The smallest absolute Gasteiger partial charge is 0.406 e. The van der Waals surface area contributed by atoms with Gasteiger partial charge in [-0.1, -0.05) is 6.92 Å². The molecule has 0 amide bonds. The summed E-state index contributed by atoms with van der Waals surface area (Å²) in [7, 11) is 1.89. The summed E-state index contributed by atoms with van der Waals surface area (Å²) in [6.07, 6.45) is 1.66. The van der Waals surface area contributed by atoms with E-state index in [9.17, 15) is 4.79 Å². The van der Waals surface area contributed by atoms with Crippen molar-refractivity contribution in [3.05, 3.63) is 28.9 Å². The van der Waals surface area contributed by atoms with Crippen molar-refractivity contribution in [2.45, 2.75) is 13.5 Å². The molecule has 0 aliphatic rings. The van der Waals surface area contributed by atoms with Gasteiger partial charge in [-0.05, 0) is 31.6 Å². The van der Waals surface area contributed by atoms with Gasteiger partial charge in [-0.15, -0.1) is 0 Å². The van der Waals surface area contributed by atoms with E-state index < -0.39 is 0 Å². The average molecular weight is 221 g/mol. The number of nitrogens with one attached hydrogen (secondary N) is 1. The minimum absolute atomic E-state index is 0.336. The minimum Gasteiger partial charge on any atom is -0.406 e. The second kappa shape index (κ2) is 4.49. The second-order valence-electron chi connectivity index (χ2n) is 3.97. The highest BCUT2D eigenvalue weighted by Crippen LogP contribution is 2.10. The summed E-state index contributed by atoms with van der Waals surface area (Å²) in [5, 5.41) is 3.08. The van der Waals surface area contributed by atoms with E-state index in [2.05, 4.69) is 17.2 Å². The Morgan fingerprint density at radius 2 is 2.44 bits per heavy atom. The molecule has 2 aromatic rings. The summed E-state index contributed by atoms with van der Waals surface area (Å²) >= 11 is 0. The summed E-state index contributed by atoms with van der Waals surface area (Å²) in [5.41, 5.74) is 1.17. The standard InChI is InChI=1S/C11H15N3O2/c1-8(6-12-2)7-14-10-9(16-11(14)15)4-3-5-13-10/h3-5,8,12H,6-7H2,1-2H3. The van der Waals surface area contributed by atoms with Crippen LogP contribution in [0.15, 0.2) is 27.5 Å². The minimum atomic E-state index is -0.336. The van der Waals surface area contributed by atoms with Crippen molar-refractivity contribution < 1.29 is 4.42 Å². The van der Waals surface area contributed by atoms with Crippen LogP contribution in [0.2, 0.25) is 0 Å². The van der Waals surface area contributed by atoms with Gasteiger partial charge in [0.05, 0.1) is 0 Å². The molecule has 0 fully saturated rings. The van der Waals surface area contributed by atoms with Crippen LogP contribution in [0, 0.1) is 5.92 Å². The zero-order valence-electron chi connectivity index (χ0n) is 9.43. The molecule has 1 unspecified atom stereocenters. The van der Waals surface area contributed by atoms with Crippen molar-refractivity contribution in [2.24, 2.45) is 5.92 Å². The van der Waals surface area contributed by atoms with E-state index in [1.54, 1.807) is 22.9 Å². The molecular formula is C11H15N3O2. The Morgan fingerprint density at radius 1 is 1.62 bits per heavy atom. The first kappa shape index (κ1) is 10.9. The van der Waals surface area contributed by atoms with Crippen LogP contribution < -0.4 is 11.1 Å². The lowest BCUT2D eigenvalue weighted by atomic mass is 10.2. The SMILES string of the molecule is CNCC(C)Cn1c(=O)oc2cccnc21. The Bertz CT molecular complexity index is 529. The number of aromatic nitrogens is 2. The van der Waals surface area contributed by atoms with Gasteiger partial charge in [0.15, 0.2) is 11.2 Å². The molecule has 5 heteroatoms. The molecule has 86 valence electrons. The van der Waals surface area contributed by atoms with E-state index in [4.69, 9.17) is 4.42 Å². The predicted molar refractivity (Wildman–Crippen MR) is 61.4 cm³/mol. The quantitative estimate of drug-likeness (QED) is 0.831. The number of hydrogen-bond acceptors (Lipinski definition) is 4. The third-order valence-corrected chi connectivity index (χ3v) is 2.47. The van der Waals surface area contributed by atoms with Gasteiger partial charge < -0.3 is 9.73 Å². The lowest BCUT2D eigenvalue weighted by molar-refractivity contribution is 0.427. The summed E-state index contributed by atoms with van der Waals surface area (Å²) < 4.78 is 6.68. The molecule has 2 aromatic heterocycles. The molecular weight excluding hydrogens is 206 g/mol. The molecule has 0 bridgehead atoms. The number of nitrogens with zero attached hydrogens (tertiary/aromatic N) is 2. The number of pyridine rings is 1. The fourth-order valence-electron chi connectivity index (χ4n) is 1.79. The Labute approximate surface area is 93.1 Å². The van der Waals surface area contributed by atoms with Crippen LogP contribution in [0.25, 0.3) is 11.2 Å². The molecule has 0 saturated heterocycles. The molecule has 0 spiro atoms. The normalized spacial score (nSPS) is 13.1. The van der Waals surface area contributed by atoms with Crippen molar-refractivity contribution in [3.63, 3.8) is 0 Å². The number of hydrogen-bond donors (Lipinski definition) is 1. The lowest BCUT2D eigenvalue weighted by Gasteiger charge is -2.09. The summed E-state index contributed by atoms with van der Waals surface area (Å²) in [6, 6.07) is 3.51. The topological polar surface area (TPSA) is 60.1 Å². The van der Waals surface area contributed by atoms with Crippen LogP contribution in [-0.2, 0) is 6.54 Å². The van der Waals surface area contributed by atoms with Crippen molar-refractivity contribution in [2.75, 3.05) is 13.6 Å². The van der Waals surface area contributed by atoms with Gasteiger partial charge in [0.25, 0.3) is 0 Å². The molecule has 0 radical (unpaired) electrons. The second-order valence-corrected chi connectivity index (χ2v) is 3.97. The van der Waals surface area contributed by atoms with Gasteiger partial charge in [-0.2, -0.15) is 0 Å². The van der Waals surface area contributed by atoms with Crippen LogP contribution in [-0.4, -0.2) is 23.1 Å². The van der Waals surface area contributed by atoms with Gasteiger partial charge in [-0.25, -0.2) is 9.78 Å².